The Hall–Kier alpha value is -2.37. The number of aromatic nitrogens is 3. The van der Waals surface area contributed by atoms with Gasteiger partial charge in [-0.1, -0.05) is 23.2 Å². The number of carbonyl (C=O) groups is 2. The number of halogens is 5. The number of amides is 1. The number of alkyl halides is 3. The number of nitrogens with zero attached hydrogens (tertiary/aromatic N) is 4. The summed E-state index contributed by atoms with van der Waals surface area (Å²) < 4.78 is 50.3. The lowest BCUT2D eigenvalue weighted by atomic mass is 9.74. The highest BCUT2D eigenvalue weighted by Crippen LogP contribution is 2.43. The van der Waals surface area contributed by atoms with Crippen LogP contribution < -0.4 is 0 Å². The zero-order valence-corrected chi connectivity index (χ0v) is 24.1. The van der Waals surface area contributed by atoms with Gasteiger partial charge < -0.3 is 14.7 Å². The number of carboxylic acid groups (broad SMARTS) is 1. The number of ether oxygens (including phenoxy) is 1. The number of carbonyl (C=O) groups excluding carboxylic acids is 1. The van der Waals surface area contributed by atoms with Crippen molar-refractivity contribution in [1.29, 1.82) is 0 Å². The highest BCUT2D eigenvalue weighted by Gasteiger charge is 2.45. The van der Waals surface area contributed by atoms with E-state index in [2.05, 4.69) is 10.1 Å². The molecule has 1 atom stereocenters. The number of hydrogen-bond acceptors (Lipinski definition) is 5. The third kappa shape index (κ3) is 6.57. The van der Waals surface area contributed by atoms with Gasteiger partial charge in [0.2, 0.25) is 0 Å². The van der Waals surface area contributed by atoms with Gasteiger partial charge in [-0.3, -0.25) is 19.3 Å². The summed E-state index contributed by atoms with van der Waals surface area (Å²) in [6, 6.07) is -0.674. The minimum atomic E-state index is -4.86. The van der Waals surface area contributed by atoms with Crippen molar-refractivity contribution in [2.45, 2.75) is 89.6 Å². The SMILES string of the molecule is CC1(C)CC[C@@H](CN(CCc2c(Cl)cncc2Cl)C(=O)c2cnn(C3CCC(C)(C(=O)O)CC3)c2C(F)(F)F)O1. The van der Waals surface area contributed by atoms with Crippen LogP contribution in [0.25, 0.3) is 0 Å². The van der Waals surface area contributed by atoms with Crippen LogP contribution in [0.15, 0.2) is 18.6 Å². The van der Waals surface area contributed by atoms with Gasteiger partial charge in [0.15, 0.2) is 5.69 Å². The van der Waals surface area contributed by atoms with E-state index in [1.54, 1.807) is 6.92 Å². The second-order valence-corrected chi connectivity index (χ2v) is 12.4. The highest BCUT2D eigenvalue weighted by atomic mass is 35.5. The summed E-state index contributed by atoms with van der Waals surface area (Å²) >= 11 is 12.5. The Bertz CT molecular complexity index is 1240. The first kappa shape index (κ1) is 30.6. The topological polar surface area (TPSA) is 97.6 Å². The predicted molar refractivity (Wildman–Crippen MR) is 143 cm³/mol. The average Bonchev–Trinajstić information content (AvgIpc) is 3.46. The molecule has 2 fully saturated rings. The van der Waals surface area contributed by atoms with Gasteiger partial charge in [0.1, 0.15) is 0 Å². The van der Waals surface area contributed by atoms with E-state index >= 15 is 0 Å². The Morgan fingerprint density at radius 1 is 1.10 bits per heavy atom. The minimum absolute atomic E-state index is 0.0471. The van der Waals surface area contributed by atoms with Gasteiger partial charge in [0, 0.05) is 25.5 Å². The molecule has 2 aromatic heterocycles. The first-order valence-electron chi connectivity index (χ1n) is 13.2. The third-order valence-corrected chi connectivity index (χ3v) is 8.72. The lowest BCUT2D eigenvalue weighted by molar-refractivity contribution is -0.152. The van der Waals surface area contributed by atoms with Crippen molar-refractivity contribution in [3.63, 3.8) is 0 Å². The molecule has 0 aromatic carbocycles. The van der Waals surface area contributed by atoms with Crippen LogP contribution in [0.4, 0.5) is 13.2 Å². The van der Waals surface area contributed by atoms with Crippen LogP contribution in [0.1, 0.15) is 87.0 Å². The molecule has 1 aliphatic carbocycles. The molecule has 0 bridgehead atoms. The highest BCUT2D eigenvalue weighted by molar-refractivity contribution is 6.35. The molecular formula is C27H33Cl2F3N4O4. The quantitative estimate of drug-likeness (QED) is 0.372. The maximum atomic E-state index is 14.5. The van der Waals surface area contributed by atoms with Crippen LogP contribution in [0.2, 0.25) is 10.0 Å². The second kappa shape index (κ2) is 11.5. The van der Waals surface area contributed by atoms with Crippen LogP contribution >= 0.6 is 23.2 Å². The Labute approximate surface area is 240 Å². The van der Waals surface area contributed by atoms with Gasteiger partial charge in [-0.05, 0) is 71.3 Å². The molecule has 3 heterocycles. The first-order valence-corrected chi connectivity index (χ1v) is 14.0. The van der Waals surface area contributed by atoms with Crippen molar-refractivity contribution in [3.8, 4) is 0 Å². The monoisotopic (exact) mass is 604 g/mol. The van der Waals surface area contributed by atoms with E-state index in [4.69, 9.17) is 27.9 Å². The van der Waals surface area contributed by atoms with Crippen LogP contribution in [0.5, 0.6) is 0 Å². The largest absolute Gasteiger partial charge is 0.481 e. The Morgan fingerprint density at radius 2 is 1.73 bits per heavy atom. The summed E-state index contributed by atoms with van der Waals surface area (Å²) in [5.41, 5.74) is -2.53. The molecule has 2 aromatic rings. The van der Waals surface area contributed by atoms with Gasteiger partial charge in [0.25, 0.3) is 5.91 Å². The molecule has 4 rings (SSSR count). The predicted octanol–water partition coefficient (Wildman–Crippen LogP) is 6.45. The number of pyridine rings is 1. The molecule has 0 spiro atoms. The Balaban J connectivity index is 1.63. The van der Waals surface area contributed by atoms with E-state index in [1.807, 2.05) is 13.8 Å². The van der Waals surface area contributed by atoms with Gasteiger partial charge in [-0.25, -0.2) is 0 Å². The zero-order valence-electron chi connectivity index (χ0n) is 22.6. The summed E-state index contributed by atoms with van der Waals surface area (Å²) in [7, 11) is 0. The summed E-state index contributed by atoms with van der Waals surface area (Å²) in [6.45, 7) is 5.60. The van der Waals surface area contributed by atoms with E-state index in [1.165, 1.54) is 17.3 Å². The maximum absolute atomic E-state index is 14.5. The van der Waals surface area contributed by atoms with E-state index < -0.39 is 46.4 Å². The second-order valence-electron chi connectivity index (χ2n) is 11.6. The third-order valence-electron chi connectivity index (χ3n) is 8.06. The molecule has 0 unspecified atom stereocenters. The van der Waals surface area contributed by atoms with Gasteiger partial charge in [0.05, 0.1) is 45.0 Å². The number of aliphatic carboxylic acids is 1. The molecule has 13 heteroatoms. The smallest absolute Gasteiger partial charge is 0.433 e. The van der Waals surface area contributed by atoms with Crippen molar-refractivity contribution in [2.24, 2.45) is 5.41 Å². The summed E-state index contributed by atoms with van der Waals surface area (Å²) in [6.07, 6.45) is 1.04. The fourth-order valence-corrected chi connectivity index (χ4v) is 6.15. The molecule has 8 nitrogen and oxygen atoms in total. The summed E-state index contributed by atoms with van der Waals surface area (Å²) in [5, 5.41) is 14.1. The Morgan fingerprint density at radius 3 is 2.25 bits per heavy atom. The zero-order chi connectivity index (χ0) is 29.5. The summed E-state index contributed by atoms with van der Waals surface area (Å²) in [5.74, 6) is -1.79. The standard InChI is InChI=1S/C27H33Cl2F3N4O4/c1-25(2)8-6-17(40-25)15-35(11-7-18-20(28)13-33-14-21(18)29)23(37)19-12-34-36(22(19)27(30,31)32)16-4-9-26(3,10-5-16)24(38)39/h12-14,16-17H,4-11,15H2,1-3H3,(H,38,39)/t16?,17-,26?/m0/s1. The van der Waals surface area contributed by atoms with Crippen molar-refractivity contribution in [2.75, 3.05) is 13.1 Å². The fourth-order valence-electron chi connectivity index (χ4n) is 5.60. The molecule has 220 valence electrons. The number of rotatable bonds is 8. The van der Waals surface area contributed by atoms with Crippen LogP contribution in [0.3, 0.4) is 0 Å². The molecule has 1 saturated heterocycles. The average molecular weight is 605 g/mol. The van der Waals surface area contributed by atoms with Crippen molar-refractivity contribution >= 4 is 35.1 Å². The van der Waals surface area contributed by atoms with E-state index in [-0.39, 0.29) is 51.3 Å². The van der Waals surface area contributed by atoms with E-state index in [9.17, 15) is 27.9 Å². The molecule has 1 saturated carbocycles. The summed E-state index contributed by atoms with van der Waals surface area (Å²) in [4.78, 5) is 30.7. The van der Waals surface area contributed by atoms with Crippen molar-refractivity contribution < 1.29 is 32.6 Å². The number of carboxylic acids is 1. The van der Waals surface area contributed by atoms with Crippen LogP contribution in [0, 0.1) is 5.41 Å². The molecule has 1 amide bonds. The minimum Gasteiger partial charge on any atom is -0.481 e. The molecule has 40 heavy (non-hydrogen) atoms. The molecule has 1 aliphatic heterocycles. The lowest BCUT2D eigenvalue weighted by Crippen LogP contribution is -2.40. The van der Waals surface area contributed by atoms with Crippen LogP contribution in [-0.4, -0.2) is 61.4 Å². The van der Waals surface area contributed by atoms with Crippen molar-refractivity contribution in [3.05, 3.63) is 45.5 Å². The van der Waals surface area contributed by atoms with E-state index in [0.29, 0.717) is 22.0 Å². The first-order chi connectivity index (χ1) is 18.6. The van der Waals surface area contributed by atoms with Crippen molar-refractivity contribution in [1.82, 2.24) is 19.7 Å². The lowest BCUT2D eigenvalue weighted by Gasteiger charge is -2.34. The maximum Gasteiger partial charge on any atom is 0.433 e. The van der Waals surface area contributed by atoms with Gasteiger partial charge in [-0.15, -0.1) is 0 Å². The van der Waals surface area contributed by atoms with E-state index in [0.717, 1.165) is 17.3 Å². The molecule has 0 radical (unpaired) electrons. The Kier molecular flexibility index (Phi) is 8.78. The van der Waals surface area contributed by atoms with Crippen LogP contribution in [-0.2, 0) is 22.1 Å². The number of hydrogen-bond donors (Lipinski definition) is 1. The fraction of sp³-hybridized carbons (Fsp3) is 0.630. The van der Waals surface area contributed by atoms with Gasteiger partial charge in [-0.2, -0.15) is 18.3 Å². The molecule has 2 aliphatic rings. The van der Waals surface area contributed by atoms with Gasteiger partial charge >= 0.3 is 12.1 Å². The molecule has 1 N–H and O–H groups in total. The molecular weight excluding hydrogens is 572 g/mol. The normalized spacial score (nSPS) is 24.7.